The molecular formula is C18H25N5O2. The number of carbonyl (C=O) groups is 1. The molecule has 2 aromatic rings. The number of aromatic amines is 1. The lowest BCUT2D eigenvalue weighted by Gasteiger charge is -2.30. The highest BCUT2D eigenvalue weighted by molar-refractivity contribution is 5.96. The zero-order chi connectivity index (χ0) is 17.6. The molecule has 1 aromatic carbocycles. The summed E-state index contributed by atoms with van der Waals surface area (Å²) in [5.41, 5.74) is 6.65. The van der Waals surface area contributed by atoms with Crippen LogP contribution in [0, 0.1) is 5.92 Å². The molecule has 0 aliphatic carbocycles. The number of rotatable bonds is 7. The Hall–Kier alpha value is -2.41. The number of benzene rings is 1. The van der Waals surface area contributed by atoms with E-state index in [1.807, 2.05) is 24.3 Å². The lowest BCUT2D eigenvalue weighted by Crippen LogP contribution is -2.35. The van der Waals surface area contributed by atoms with Gasteiger partial charge in [0.15, 0.2) is 5.69 Å². The average Bonchev–Trinajstić information content (AvgIpc) is 3.09. The van der Waals surface area contributed by atoms with Crippen LogP contribution in [0.25, 0.3) is 11.3 Å². The molecule has 1 fully saturated rings. The molecule has 1 saturated heterocycles. The van der Waals surface area contributed by atoms with Gasteiger partial charge in [0, 0.05) is 18.7 Å². The highest BCUT2D eigenvalue weighted by Crippen LogP contribution is 2.24. The maximum absolute atomic E-state index is 11.4. The minimum Gasteiger partial charge on any atom is -0.494 e. The number of ether oxygens (including phenoxy) is 1. The van der Waals surface area contributed by atoms with Crippen molar-refractivity contribution in [2.75, 3.05) is 26.2 Å². The van der Waals surface area contributed by atoms with Gasteiger partial charge in [-0.2, -0.15) is 15.4 Å². The van der Waals surface area contributed by atoms with Crippen molar-refractivity contribution in [3.63, 3.8) is 0 Å². The number of hydrogen-bond acceptors (Lipinski definition) is 5. The normalized spacial score (nSPS) is 18.2. The van der Waals surface area contributed by atoms with E-state index in [0.29, 0.717) is 12.3 Å². The van der Waals surface area contributed by atoms with E-state index in [1.165, 1.54) is 25.9 Å². The molecule has 1 amide bonds. The van der Waals surface area contributed by atoms with Gasteiger partial charge in [-0.25, -0.2) is 0 Å². The number of aromatic nitrogens is 3. The van der Waals surface area contributed by atoms with Crippen LogP contribution in [0.4, 0.5) is 0 Å². The fourth-order valence-corrected chi connectivity index (χ4v) is 3.31. The van der Waals surface area contributed by atoms with Gasteiger partial charge in [0.2, 0.25) is 0 Å². The van der Waals surface area contributed by atoms with Crippen LogP contribution in [0.2, 0.25) is 0 Å². The second-order valence-electron chi connectivity index (χ2n) is 6.66. The smallest absolute Gasteiger partial charge is 0.271 e. The first kappa shape index (κ1) is 17.4. The Kier molecular flexibility index (Phi) is 5.65. The number of hydrogen-bond donors (Lipinski definition) is 2. The van der Waals surface area contributed by atoms with E-state index in [2.05, 4.69) is 27.2 Å². The number of H-pyrrole nitrogens is 1. The molecule has 1 atom stereocenters. The number of carbonyl (C=O) groups excluding carboxylic acids is 1. The van der Waals surface area contributed by atoms with E-state index < -0.39 is 5.91 Å². The summed E-state index contributed by atoms with van der Waals surface area (Å²) < 4.78 is 5.86. The molecule has 0 radical (unpaired) electrons. The quantitative estimate of drug-likeness (QED) is 0.750. The Balaban J connectivity index is 1.53. The molecule has 0 saturated carbocycles. The summed E-state index contributed by atoms with van der Waals surface area (Å²) in [5, 5.41) is 10.3. The molecule has 7 heteroatoms. The van der Waals surface area contributed by atoms with Crippen molar-refractivity contribution in [1.82, 2.24) is 20.3 Å². The Bertz CT molecular complexity index is 715. The van der Waals surface area contributed by atoms with E-state index in [4.69, 9.17) is 10.5 Å². The molecule has 1 unspecified atom stereocenters. The summed E-state index contributed by atoms with van der Waals surface area (Å²) in [6.45, 7) is 6.44. The van der Waals surface area contributed by atoms with Gasteiger partial charge in [-0.1, -0.05) is 19.1 Å². The Morgan fingerprint density at radius 3 is 3.12 bits per heavy atom. The zero-order valence-corrected chi connectivity index (χ0v) is 14.6. The largest absolute Gasteiger partial charge is 0.494 e. The molecule has 0 spiro atoms. The van der Waals surface area contributed by atoms with Crippen LogP contribution in [0.1, 0.15) is 36.7 Å². The third kappa shape index (κ3) is 4.57. The molecule has 134 valence electrons. The number of nitrogens with two attached hydrogens (primary N) is 1. The van der Waals surface area contributed by atoms with Gasteiger partial charge in [-0.05, 0) is 43.9 Å². The zero-order valence-electron chi connectivity index (χ0n) is 14.6. The van der Waals surface area contributed by atoms with E-state index >= 15 is 0 Å². The molecule has 1 aromatic heterocycles. The molecular weight excluding hydrogens is 318 g/mol. The number of piperidine rings is 1. The standard InChI is InChI=1S/C18H25N5O2/c1-13-5-3-8-23(12-13)9-4-10-25-15-7-2-6-14(11-15)16-17(18(19)24)21-22-20-16/h2,6-7,11,13H,3-5,8-10,12H2,1H3,(H2,19,24)(H,20,21,22). The fraction of sp³-hybridized carbons (Fsp3) is 0.500. The summed E-state index contributed by atoms with van der Waals surface area (Å²) in [7, 11) is 0. The monoisotopic (exact) mass is 343 g/mol. The Morgan fingerprint density at radius 2 is 2.32 bits per heavy atom. The van der Waals surface area contributed by atoms with Crippen LogP contribution in [0.15, 0.2) is 24.3 Å². The van der Waals surface area contributed by atoms with Crippen molar-refractivity contribution >= 4 is 5.91 Å². The predicted octanol–water partition coefficient (Wildman–Crippen LogP) is 2.07. The number of nitrogens with zero attached hydrogens (tertiary/aromatic N) is 3. The summed E-state index contributed by atoms with van der Waals surface area (Å²) in [6, 6.07) is 7.48. The minimum absolute atomic E-state index is 0.136. The van der Waals surface area contributed by atoms with E-state index in [9.17, 15) is 4.79 Å². The van der Waals surface area contributed by atoms with E-state index in [-0.39, 0.29) is 5.69 Å². The highest BCUT2D eigenvalue weighted by atomic mass is 16.5. The fourth-order valence-electron chi connectivity index (χ4n) is 3.31. The highest BCUT2D eigenvalue weighted by Gasteiger charge is 2.16. The summed E-state index contributed by atoms with van der Waals surface area (Å²) in [5.74, 6) is 0.946. The van der Waals surface area contributed by atoms with Gasteiger partial charge in [0.05, 0.1) is 6.61 Å². The number of likely N-dealkylation sites (tertiary alicyclic amines) is 1. The first-order chi connectivity index (χ1) is 12.1. The van der Waals surface area contributed by atoms with Crippen LogP contribution in [0.3, 0.4) is 0 Å². The third-order valence-corrected chi connectivity index (χ3v) is 4.52. The van der Waals surface area contributed by atoms with Crippen molar-refractivity contribution in [1.29, 1.82) is 0 Å². The Labute approximate surface area is 147 Å². The van der Waals surface area contributed by atoms with Crippen LogP contribution in [0.5, 0.6) is 5.75 Å². The minimum atomic E-state index is -0.606. The van der Waals surface area contributed by atoms with Gasteiger partial charge in [-0.15, -0.1) is 0 Å². The molecule has 0 bridgehead atoms. The van der Waals surface area contributed by atoms with Gasteiger partial charge in [0.1, 0.15) is 11.4 Å². The van der Waals surface area contributed by atoms with Crippen LogP contribution >= 0.6 is 0 Å². The second kappa shape index (κ2) is 8.11. The molecule has 25 heavy (non-hydrogen) atoms. The lowest BCUT2D eigenvalue weighted by atomic mass is 10.0. The van der Waals surface area contributed by atoms with Gasteiger partial charge >= 0.3 is 0 Å². The van der Waals surface area contributed by atoms with Crippen molar-refractivity contribution in [3.8, 4) is 17.0 Å². The second-order valence-corrected chi connectivity index (χ2v) is 6.66. The number of primary amides is 1. The Morgan fingerprint density at radius 1 is 1.44 bits per heavy atom. The van der Waals surface area contributed by atoms with Crippen molar-refractivity contribution < 1.29 is 9.53 Å². The molecule has 1 aliphatic rings. The van der Waals surface area contributed by atoms with Gasteiger partial charge in [-0.3, -0.25) is 4.79 Å². The summed E-state index contributed by atoms with van der Waals surface area (Å²) in [4.78, 5) is 13.9. The predicted molar refractivity (Wildman–Crippen MR) is 95.3 cm³/mol. The molecule has 7 nitrogen and oxygen atoms in total. The first-order valence-electron chi connectivity index (χ1n) is 8.79. The average molecular weight is 343 g/mol. The van der Waals surface area contributed by atoms with E-state index in [1.54, 1.807) is 0 Å². The van der Waals surface area contributed by atoms with Gasteiger partial charge in [0.25, 0.3) is 5.91 Å². The molecule has 2 heterocycles. The third-order valence-electron chi connectivity index (χ3n) is 4.52. The van der Waals surface area contributed by atoms with E-state index in [0.717, 1.165) is 30.2 Å². The number of nitrogens with one attached hydrogen (secondary N) is 1. The van der Waals surface area contributed by atoms with Crippen molar-refractivity contribution in [3.05, 3.63) is 30.0 Å². The molecule has 3 rings (SSSR count). The summed E-state index contributed by atoms with van der Waals surface area (Å²) >= 11 is 0. The SMILES string of the molecule is CC1CCCN(CCCOc2cccc(-c3n[nH]nc3C(N)=O)c2)C1. The molecule has 1 aliphatic heterocycles. The maximum atomic E-state index is 11.4. The first-order valence-corrected chi connectivity index (χ1v) is 8.79. The maximum Gasteiger partial charge on any atom is 0.271 e. The van der Waals surface area contributed by atoms with Gasteiger partial charge < -0.3 is 15.4 Å². The lowest BCUT2D eigenvalue weighted by molar-refractivity contribution is 0.0996. The van der Waals surface area contributed by atoms with Crippen LogP contribution in [-0.2, 0) is 0 Å². The van der Waals surface area contributed by atoms with Crippen LogP contribution in [-0.4, -0.2) is 52.5 Å². The summed E-state index contributed by atoms with van der Waals surface area (Å²) in [6.07, 6.45) is 3.63. The number of amides is 1. The topological polar surface area (TPSA) is 97.1 Å². The van der Waals surface area contributed by atoms with Crippen molar-refractivity contribution in [2.45, 2.75) is 26.2 Å². The van der Waals surface area contributed by atoms with Crippen LogP contribution < -0.4 is 10.5 Å². The van der Waals surface area contributed by atoms with Crippen molar-refractivity contribution in [2.24, 2.45) is 11.7 Å². The molecule has 3 N–H and O–H groups in total.